The van der Waals surface area contributed by atoms with Gasteiger partial charge in [-0.3, -0.25) is 10.1 Å². The Morgan fingerprint density at radius 3 is 2.75 bits per heavy atom. The summed E-state index contributed by atoms with van der Waals surface area (Å²) in [7, 11) is 0. The van der Waals surface area contributed by atoms with Crippen molar-refractivity contribution in [3.8, 4) is 22.8 Å². The lowest BCUT2D eigenvalue weighted by atomic mass is 10.1. The van der Waals surface area contributed by atoms with Crippen molar-refractivity contribution in [1.29, 1.82) is 0 Å². The number of nitrogens with zero attached hydrogens (tertiary/aromatic N) is 3. The molecule has 2 N–H and O–H groups in total. The Labute approximate surface area is 113 Å². The number of hydrogen-bond acceptors (Lipinski definition) is 7. The van der Waals surface area contributed by atoms with E-state index in [1.54, 1.807) is 18.2 Å². The minimum Gasteiger partial charge on any atom is -0.486 e. The molecule has 0 aliphatic carbocycles. The van der Waals surface area contributed by atoms with Gasteiger partial charge < -0.3 is 15.2 Å². The van der Waals surface area contributed by atoms with Crippen molar-refractivity contribution in [2.24, 2.45) is 0 Å². The average molecular weight is 274 g/mol. The van der Waals surface area contributed by atoms with Crippen molar-refractivity contribution >= 4 is 11.6 Å². The third kappa shape index (κ3) is 2.07. The molecule has 1 aliphatic rings. The number of hydrogen-bond donors (Lipinski definition) is 1. The first-order valence-corrected chi connectivity index (χ1v) is 5.82. The maximum Gasteiger partial charge on any atom is 0.313 e. The molecule has 0 atom stereocenters. The second kappa shape index (κ2) is 4.65. The molecule has 1 aromatic carbocycles. The van der Waals surface area contributed by atoms with Crippen LogP contribution >= 0.6 is 0 Å². The summed E-state index contributed by atoms with van der Waals surface area (Å²) in [4.78, 5) is 18.1. The van der Waals surface area contributed by atoms with Crippen LogP contribution in [0.4, 0.5) is 11.6 Å². The molecule has 1 aromatic heterocycles. The first kappa shape index (κ1) is 12.2. The predicted octanol–water partition coefficient (Wildman–Crippen LogP) is 1.41. The van der Waals surface area contributed by atoms with E-state index in [0.717, 1.165) is 6.20 Å². The number of fused-ring (bicyclic) bond motifs is 1. The number of benzene rings is 1. The summed E-state index contributed by atoms with van der Waals surface area (Å²) in [6, 6.07) is 5.00. The third-order valence-corrected chi connectivity index (χ3v) is 2.80. The molecule has 8 nitrogen and oxygen atoms in total. The van der Waals surface area contributed by atoms with E-state index in [4.69, 9.17) is 15.2 Å². The lowest BCUT2D eigenvalue weighted by Crippen LogP contribution is -2.15. The van der Waals surface area contributed by atoms with Crippen LogP contribution in [0.15, 0.2) is 24.4 Å². The summed E-state index contributed by atoms with van der Waals surface area (Å²) >= 11 is 0. The highest BCUT2D eigenvalue weighted by Crippen LogP contribution is 2.36. The van der Waals surface area contributed by atoms with Gasteiger partial charge in [0, 0.05) is 5.56 Å². The number of ether oxygens (including phenoxy) is 2. The topological polar surface area (TPSA) is 113 Å². The van der Waals surface area contributed by atoms with Crippen LogP contribution in [-0.2, 0) is 0 Å². The summed E-state index contributed by atoms with van der Waals surface area (Å²) in [6.07, 6.45) is 1.09. The van der Waals surface area contributed by atoms with Gasteiger partial charge in [-0.1, -0.05) is 0 Å². The molecule has 0 spiro atoms. The van der Waals surface area contributed by atoms with Crippen LogP contribution in [0.25, 0.3) is 11.3 Å². The van der Waals surface area contributed by atoms with Crippen molar-refractivity contribution < 1.29 is 14.4 Å². The molecule has 102 valence electrons. The molecule has 0 fully saturated rings. The molecule has 8 heteroatoms. The number of rotatable bonds is 2. The number of anilines is 1. The quantitative estimate of drug-likeness (QED) is 0.650. The maximum atomic E-state index is 11.0. The van der Waals surface area contributed by atoms with Gasteiger partial charge in [0.15, 0.2) is 17.2 Å². The van der Waals surface area contributed by atoms with Crippen LogP contribution in [0.3, 0.4) is 0 Å². The van der Waals surface area contributed by atoms with E-state index in [-0.39, 0.29) is 17.3 Å². The summed E-state index contributed by atoms with van der Waals surface area (Å²) in [5.41, 5.74) is 5.97. The first-order valence-electron chi connectivity index (χ1n) is 5.82. The van der Waals surface area contributed by atoms with Gasteiger partial charge in [0.2, 0.25) is 5.95 Å². The fourth-order valence-electron chi connectivity index (χ4n) is 1.93. The lowest BCUT2D eigenvalue weighted by molar-refractivity contribution is -0.384. The fourth-order valence-corrected chi connectivity index (χ4v) is 1.93. The van der Waals surface area contributed by atoms with E-state index in [1.165, 1.54) is 0 Å². The van der Waals surface area contributed by atoms with Crippen LogP contribution in [0.5, 0.6) is 11.5 Å². The van der Waals surface area contributed by atoms with Gasteiger partial charge in [-0.15, -0.1) is 0 Å². The molecular formula is C12H10N4O4. The highest BCUT2D eigenvalue weighted by Gasteiger charge is 2.20. The molecule has 2 aromatic rings. The number of nitrogen functional groups attached to an aromatic ring is 1. The van der Waals surface area contributed by atoms with Gasteiger partial charge in [0.1, 0.15) is 19.4 Å². The summed E-state index contributed by atoms with van der Waals surface area (Å²) in [5, 5.41) is 11.0. The van der Waals surface area contributed by atoms with Gasteiger partial charge in [-0.25, -0.2) is 9.97 Å². The van der Waals surface area contributed by atoms with Crippen LogP contribution in [0.2, 0.25) is 0 Å². The van der Waals surface area contributed by atoms with E-state index in [0.29, 0.717) is 30.3 Å². The Hall–Kier alpha value is -2.90. The lowest BCUT2D eigenvalue weighted by Gasteiger charge is -2.18. The Kier molecular flexibility index (Phi) is 2.82. The minimum atomic E-state index is -0.550. The molecule has 3 rings (SSSR count). The van der Waals surface area contributed by atoms with Gasteiger partial charge in [-0.2, -0.15) is 0 Å². The Balaban J connectivity index is 2.13. The second-order valence-electron chi connectivity index (χ2n) is 4.08. The predicted molar refractivity (Wildman–Crippen MR) is 69.5 cm³/mol. The zero-order valence-electron chi connectivity index (χ0n) is 10.3. The SMILES string of the molecule is Nc1ncc([N+](=O)[O-])c(-c2ccc3c(c2)OCCO3)n1. The zero-order valence-corrected chi connectivity index (χ0v) is 10.3. The molecule has 0 saturated carbocycles. The van der Waals surface area contributed by atoms with Gasteiger partial charge in [-0.05, 0) is 18.2 Å². The monoisotopic (exact) mass is 274 g/mol. The van der Waals surface area contributed by atoms with Crippen LogP contribution in [0, 0.1) is 10.1 Å². The summed E-state index contributed by atoms with van der Waals surface area (Å²) in [5.74, 6) is 1.10. The molecule has 2 heterocycles. The van der Waals surface area contributed by atoms with E-state index in [2.05, 4.69) is 9.97 Å². The van der Waals surface area contributed by atoms with Crippen molar-refractivity contribution in [3.63, 3.8) is 0 Å². The van der Waals surface area contributed by atoms with Gasteiger partial charge in [0.25, 0.3) is 0 Å². The van der Waals surface area contributed by atoms with Crippen LogP contribution < -0.4 is 15.2 Å². The highest BCUT2D eigenvalue weighted by molar-refractivity contribution is 5.72. The average Bonchev–Trinajstić information content (AvgIpc) is 2.46. The standard InChI is InChI=1S/C12H10N4O4/c13-12-14-6-8(16(17)18)11(15-12)7-1-2-9-10(5-7)20-4-3-19-9/h1-2,5-6H,3-4H2,(H2,13,14,15). The normalized spacial score (nSPS) is 13.0. The minimum absolute atomic E-state index is 0.0273. The summed E-state index contributed by atoms with van der Waals surface area (Å²) in [6.45, 7) is 0.914. The summed E-state index contributed by atoms with van der Waals surface area (Å²) < 4.78 is 10.8. The Morgan fingerprint density at radius 1 is 1.25 bits per heavy atom. The second-order valence-corrected chi connectivity index (χ2v) is 4.08. The van der Waals surface area contributed by atoms with Gasteiger partial charge in [0.05, 0.1) is 4.92 Å². The molecule has 1 aliphatic heterocycles. The maximum absolute atomic E-state index is 11.0. The zero-order chi connectivity index (χ0) is 14.1. The van der Waals surface area contributed by atoms with E-state index in [1.807, 2.05) is 0 Å². The van der Waals surface area contributed by atoms with Crippen molar-refractivity contribution in [2.75, 3.05) is 18.9 Å². The molecule has 0 radical (unpaired) electrons. The smallest absolute Gasteiger partial charge is 0.313 e. The van der Waals surface area contributed by atoms with E-state index >= 15 is 0 Å². The highest BCUT2D eigenvalue weighted by atomic mass is 16.6. The molecule has 0 unspecified atom stereocenters. The number of nitrogens with two attached hydrogens (primary N) is 1. The molecule has 0 bridgehead atoms. The third-order valence-electron chi connectivity index (χ3n) is 2.80. The largest absolute Gasteiger partial charge is 0.486 e. The van der Waals surface area contributed by atoms with Gasteiger partial charge >= 0.3 is 5.69 Å². The molecule has 20 heavy (non-hydrogen) atoms. The first-order chi connectivity index (χ1) is 9.65. The molecule has 0 amide bonds. The van der Waals surface area contributed by atoms with Crippen molar-refractivity contribution in [2.45, 2.75) is 0 Å². The van der Waals surface area contributed by atoms with Crippen LogP contribution in [0.1, 0.15) is 0 Å². The fraction of sp³-hybridized carbons (Fsp3) is 0.167. The van der Waals surface area contributed by atoms with Crippen LogP contribution in [-0.4, -0.2) is 28.1 Å². The van der Waals surface area contributed by atoms with E-state index < -0.39 is 4.92 Å². The van der Waals surface area contributed by atoms with Crippen molar-refractivity contribution in [1.82, 2.24) is 9.97 Å². The number of aromatic nitrogens is 2. The number of nitro groups is 1. The Bertz CT molecular complexity index is 689. The molecular weight excluding hydrogens is 264 g/mol. The molecule has 0 saturated heterocycles. The van der Waals surface area contributed by atoms with E-state index in [9.17, 15) is 10.1 Å². The van der Waals surface area contributed by atoms with Crippen molar-refractivity contribution in [3.05, 3.63) is 34.5 Å². The Morgan fingerprint density at radius 2 is 2.00 bits per heavy atom.